The van der Waals surface area contributed by atoms with Crippen LogP contribution in [0.5, 0.6) is 0 Å². The number of ether oxygens (including phenoxy) is 1. The van der Waals surface area contributed by atoms with E-state index < -0.39 is 16.1 Å². The van der Waals surface area contributed by atoms with E-state index in [0.29, 0.717) is 40.0 Å². The van der Waals surface area contributed by atoms with Gasteiger partial charge in [-0.15, -0.1) is 21.5 Å². The number of carbonyl (C=O) groups excluding carboxylic acids is 2. The minimum Gasteiger partial charge on any atom is -0.469 e. The number of rotatable bonds is 11. The molecule has 0 radical (unpaired) electrons. The van der Waals surface area contributed by atoms with Crippen molar-refractivity contribution in [1.29, 1.82) is 5.26 Å². The number of amides is 1. The Kier molecular flexibility index (Phi) is 10.9. The Morgan fingerprint density at radius 1 is 0.967 bits per heavy atom. The Labute approximate surface area is 356 Å². The average molecular weight is 852 g/mol. The van der Waals surface area contributed by atoms with Crippen LogP contribution in [-0.4, -0.2) is 57.8 Å². The minimum atomic E-state index is -3.95. The van der Waals surface area contributed by atoms with Gasteiger partial charge in [0, 0.05) is 52.3 Å². The number of H-pyrrole nitrogens is 1. The van der Waals surface area contributed by atoms with Gasteiger partial charge in [-0.25, -0.2) is 8.42 Å². The molecule has 5 heterocycles. The number of aryl methyl sites for hydroxylation is 4. The van der Waals surface area contributed by atoms with Gasteiger partial charge >= 0.3 is 5.97 Å². The van der Waals surface area contributed by atoms with E-state index >= 15 is 0 Å². The number of nitrogens with one attached hydrogen (secondary N) is 3. The molecule has 0 unspecified atom stereocenters. The standard InChI is InChI=1S/C45H41N9O5S2/c1-24-7-16-35(42-39(24)32(20-46)22-48-42)53-61(57,58)33-14-8-29(9-15-33)21-49-44(56)37-19-25(2)34(23-47-37)30-10-12-31(13-11-30)41-40-26(3)27(4)60-45(40)54-28(5)51-52-43(54)36(50-41)17-18-38(55)59-6/h7-16,19,22-23,36,48,53H,17-18,21H2,1-6H3,(H,49,56)/t36-/m0/s1. The number of hydrogen-bond donors (Lipinski definition) is 3. The number of hydrogen-bond acceptors (Lipinski definition) is 11. The maximum atomic E-state index is 13.3. The molecular weight excluding hydrogens is 811 g/mol. The van der Waals surface area contributed by atoms with Crippen molar-refractivity contribution in [3.8, 4) is 22.2 Å². The molecule has 1 atom stereocenters. The van der Waals surface area contributed by atoms with Crippen LogP contribution in [0.4, 0.5) is 5.69 Å². The van der Waals surface area contributed by atoms with Gasteiger partial charge in [-0.05, 0) is 93.1 Å². The molecule has 0 fully saturated rings. The highest BCUT2D eigenvalue weighted by atomic mass is 32.2. The number of thiophene rings is 1. The zero-order chi connectivity index (χ0) is 43.2. The number of pyridine rings is 1. The van der Waals surface area contributed by atoms with Crippen molar-refractivity contribution in [2.24, 2.45) is 4.99 Å². The molecule has 4 aromatic heterocycles. The highest BCUT2D eigenvalue weighted by Gasteiger charge is 2.32. The van der Waals surface area contributed by atoms with E-state index in [1.807, 2.05) is 45.0 Å². The average Bonchev–Trinajstić information content (AvgIpc) is 3.93. The van der Waals surface area contributed by atoms with E-state index in [9.17, 15) is 23.3 Å². The molecule has 0 spiro atoms. The summed E-state index contributed by atoms with van der Waals surface area (Å²) in [6.07, 6.45) is 3.85. The van der Waals surface area contributed by atoms with Crippen LogP contribution in [0.2, 0.25) is 0 Å². The van der Waals surface area contributed by atoms with Crippen molar-refractivity contribution < 1.29 is 22.7 Å². The first-order valence-electron chi connectivity index (χ1n) is 19.4. The maximum absolute atomic E-state index is 13.3. The third-order valence-corrected chi connectivity index (χ3v) is 13.6. The second kappa shape index (κ2) is 16.2. The van der Waals surface area contributed by atoms with E-state index in [2.05, 4.69) is 54.7 Å². The zero-order valence-corrected chi connectivity index (χ0v) is 35.9. The van der Waals surface area contributed by atoms with Gasteiger partial charge in [-0.2, -0.15) is 5.26 Å². The lowest BCUT2D eigenvalue weighted by Gasteiger charge is -2.13. The summed E-state index contributed by atoms with van der Waals surface area (Å²) in [6, 6.07) is 21.2. The SMILES string of the molecule is COC(=O)CC[C@@H]1N=C(c2ccc(-c3cnc(C(=O)NCc4ccc(S(=O)(=O)Nc5ccc(C)c6c(C#N)c[nH]c56)cc4)cc3C)cc2)c2c(sc(C)c2C)-n2c(C)nnc21. The Hall–Kier alpha value is -6.96. The molecule has 1 aliphatic rings. The van der Waals surface area contributed by atoms with Crippen LogP contribution in [-0.2, 0) is 26.1 Å². The number of anilines is 1. The highest BCUT2D eigenvalue weighted by Crippen LogP contribution is 2.40. The molecule has 0 aliphatic carbocycles. The maximum Gasteiger partial charge on any atom is 0.305 e. The quantitative estimate of drug-likeness (QED) is 0.109. The van der Waals surface area contributed by atoms with Crippen LogP contribution in [0, 0.1) is 45.9 Å². The van der Waals surface area contributed by atoms with Gasteiger partial charge in [-0.1, -0.05) is 42.5 Å². The van der Waals surface area contributed by atoms with E-state index in [0.717, 1.165) is 55.5 Å². The molecule has 3 N–H and O–H groups in total. The molecule has 8 rings (SSSR count). The fourth-order valence-electron chi connectivity index (χ4n) is 7.58. The first-order valence-corrected chi connectivity index (χ1v) is 21.7. The van der Waals surface area contributed by atoms with E-state index in [-0.39, 0.29) is 35.4 Å². The summed E-state index contributed by atoms with van der Waals surface area (Å²) >= 11 is 1.67. The molecule has 0 bridgehead atoms. The first kappa shape index (κ1) is 40.8. The van der Waals surface area contributed by atoms with E-state index in [1.165, 1.54) is 24.1 Å². The number of esters is 1. The number of aliphatic imine (C=N–C) groups is 1. The fraction of sp³-hybridized carbons (Fsp3) is 0.222. The van der Waals surface area contributed by atoms with E-state index in [1.54, 1.807) is 54.1 Å². The Bertz CT molecular complexity index is 3070. The smallest absolute Gasteiger partial charge is 0.305 e. The summed E-state index contributed by atoms with van der Waals surface area (Å²) < 4.78 is 36.2. The second-order valence-electron chi connectivity index (χ2n) is 14.9. The van der Waals surface area contributed by atoms with Crippen molar-refractivity contribution >= 4 is 55.5 Å². The second-order valence-corrected chi connectivity index (χ2v) is 17.8. The lowest BCUT2D eigenvalue weighted by atomic mass is 9.96. The number of nitrogens with zero attached hydrogens (tertiary/aromatic N) is 6. The Morgan fingerprint density at radius 2 is 1.70 bits per heavy atom. The van der Waals surface area contributed by atoms with Crippen LogP contribution in [0.25, 0.3) is 27.0 Å². The zero-order valence-electron chi connectivity index (χ0n) is 34.2. The lowest BCUT2D eigenvalue weighted by molar-refractivity contribution is -0.140. The van der Waals surface area contributed by atoms with Crippen molar-refractivity contribution in [3.63, 3.8) is 0 Å². The van der Waals surface area contributed by atoms with Crippen LogP contribution in [0.15, 0.2) is 89.0 Å². The van der Waals surface area contributed by atoms with Crippen LogP contribution in [0.3, 0.4) is 0 Å². The molecule has 16 heteroatoms. The largest absolute Gasteiger partial charge is 0.469 e. The lowest BCUT2D eigenvalue weighted by Crippen LogP contribution is -2.24. The van der Waals surface area contributed by atoms with Crippen molar-refractivity contribution in [2.45, 2.75) is 64.9 Å². The van der Waals surface area contributed by atoms with Gasteiger partial charge in [-0.3, -0.25) is 28.9 Å². The summed E-state index contributed by atoms with van der Waals surface area (Å²) in [5, 5.41) is 22.9. The Morgan fingerprint density at radius 3 is 2.41 bits per heavy atom. The molecule has 14 nitrogen and oxygen atoms in total. The predicted octanol–water partition coefficient (Wildman–Crippen LogP) is 7.86. The molecule has 3 aromatic carbocycles. The highest BCUT2D eigenvalue weighted by molar-refractivity contribution is 7.92. The number of benzene rings is 3. The van der Waals surface area contributed by atoms with Gasteiger partial charge in [0.05, 0.1) is 34.5 Å². The summed E-state index contributed by atoms with van der Waals surface area (Å²) in [4.78, 5) is 39.4. The van der Waals surface area contributed by atoms with Gasteiger partial charge in [0.1, 0.15) is 28.6 Å². The summed E-state index contributed by atoms with van der Waals surface area (Å²) in [6.45, 7) is 10.1. The normalized spacial score (nSPS) is 13.5. The number of fused-ring (bicyclic) bond motifs is 4. The molecule has 308 valence electrons. The van der Waals surface area contributed by atoms with E-state index in [4.69, 9.17) is 9.73 Å². The molecule has 1 amide bonds. The molecule has 1 aliphatic heterocycles. The predicted molar refractivity (Wildman–Crippen MR) is 234 cm³/mol. The molecular formula is C45H41N9O5S2. The van der Waals surface area contributed by atoms with Crippen molar-refractivity contribution in [3.05, 3.63) is 140 Å². The number of methoxy groups -OCH3 is 1. The van der Waals surface area contributed by atoms with Crippen LogP contribution in [0.1, 0.15) is 84.8 Å². The third-order valence-electron chi connectivity index (χ3n) is 11.0. The van der Waals surface area contributed by atoms with Crippen molar-refractivity contribution in [2.75, 3.05) is 11.8 Å². The molecule has 0 saturated heterocycles. The number of nitriles is 1. The van der Waals surface area contributed by atoms with Crippen LogP contribution < -0.4 is 10.0 Å². The number of aromatic amines is 1. The molecule has 7 aromatic rings. The fourth-order valence-corrected chi connectivity index (χ4v) is 9.87. The monoisotopic (exact) mass is 851 g/mol. The topological polar surface area (TPSA) is 197 Å². The number of sulfonamides is 1. The Balaban J connectivity index is 0.962. The summed E-state index contributed by atoms with van der Waals surface area (Å²) in [5.41, 5.74) is 9.61. The molecule has 61 heavy (non-hydrogen) atoms. The van der Waals surface area contributed by atoms with Gasteiger partial charge < -0.3 is 15.0 Å². The summed E-state index contributed by atoms with van der Waals surface area (Å²) in [7, 11) is -2.57. The first-order chi connectivity index (χ1) is 29.3. The number of aromatic nitrogens is 5. The third kappa shape index (κ3) is 7.69. The summed E-state index contributed by atoms with van der Waals surface area (Å²) in [5.74, 6) is 0.754. The van der Waals surface area contributed by atoms with Gasteiger partial charge in [0.15, 0.2) is 5.82 Å². The van der Waals surface area contributed by atoms with Crippen molar-refractivity contribution in [1.82, 2.24) is 30.0 Å². The number of carbonyl (C=O) groups is 2. The van der Waals surface area contributed by atoms with Gasteiger partial charge in [0.25, 0.3) is 15.9 Å². The van der Waals surface area contributed by atoms with Crippen LogP contribution >= 0.6 is 11.3 Å². The molecule has 0 saturated carbocycles. The minimum absolute atomic E-state index is 0.0492. The van der Waals surface area contributed by atoms with Gasteiger partial charge in [0.2, 0.25) is 0 Å².